The summed E-state index contributed by atoms with van der Waals surface area (Å²) in [6.45, 7) is 2.74. The fourth-order valence-corrected chi connectivity index (χ4v) is 2.32. The van der Waals surface area contributed by atoms with E-state index in [-0.39, 0.29) is 17.1 Å². The third-order valence-corrected chi connectivity index (χ3v) is 3.33. The van der Waals surface area contributed by atoms with E-state index in [4.69, 9.17) is 5.11 Å². The first-order valence-electron chi connectivity index (χ1n) is 5.56. The SMILES string of the molecule is CC(=O)N[C@@H](CSc1ccc([N+](=O)[O-])c(C)n1)C(=O)O. The quantitative estimate of drug-likeness (QED) is 0.456. The molecule has 0 radical (unpaired) electrons. The summed E-state index contributed by atoms with van der Waals surface area (Å²) in [7, 11) is 0. The summed E-state index contributed by atoms with van der Waals surface area (Å²) in [4.78, 5) is 35.9. The third-order valence-electron chi connectivity index (χ3n) is 2.30. The van der Waals surface area contributed by atoms with Crippen molar-refractivity contribution in [2.24, 2.45) is 0 Å². The molecule has 108 valence electrons. The maximum atomic E-state index is 10.9. The number of nitrogens with zero attached hydrogens (tertiary/aromatic N) is 2. The van der Waals surface area contributed by atoms with Crippen molar-refractivity contribution in [3.05, 3.63) is 27.9 Å². The number of thioether (sulfide) groups is 1. The second-order valence-corrected chi connectivity index (χ2v) is 4.95. The van der Waals surface area contributed by atoms with Crippen molar-refractivity contribution >= 4 is 29.3 Å². The molecule has 1 aromatic heterocycles. The molecule has 0 saturated heterocycles. The molecule has 0 bridgehead atoms. The van der Waals surface area contributed by atoms with Gasteiger partial charge in [-0.25, -0.2) is 9.78 Å². The van der Waals surface area contributed by atoms with E-state index in [1.807, 2.05) is 0 Å². The van der Waals surface area contributed by atoms with Gasteiger partial charge in [-0.05, 0) is 13.0 Å². The van der Waals surface area contributed by atoms with Gasteiger partial charge in [0.25, 0.3) is 5.69 Å². The molecule has 0 spiro atoms. The average molecular weight is 299 g/mol. The number of hydrogen-bond acceptors (Lipinski definition) is 6. The largest absolute Gasteiger partial charge is 0.480 e. The maximum absolute atomic E-state index is 10.9. The van der Waals surface area contributed by atoms with Crippen LogP contribution in [-0.2, 0) is 9.59 Å². The molecule has 0 aliphatic heterocycles. The molecule has 1 aromatic rings. The molecule has 0 unspecified atom stereocenters. The number of carboxylic acid groups (broad SMARTS) is 1. The van der Waals surface area contributed by atoms with Crippen LogP contribution in [0.25, 0.3) is 0 Å². The highest BCUT2D eigenvalue weighted by atomic mass is 32.2. The van der Waals surface area contributed by atoms with Crippen molar-refractivity contribution in [1.29, 1.82) is 0 Å². The van der Waals surface area contributed by atoms with Gasteiger partial charge in [-0.1, -0.05) is 0 Å². The van der Waals surface area contributed by atoms with Gasteiger partial charge < -0.3 is 10.4 Å². The molecule has 0 saturated carbocycles. The summed E-state index contributed by atoms with van der Waals surface area (Å²) in [5.41, 5.74) is 0.164. The van der Waals surface area contributed by atoms with Crippen molar-refractivity contribution in [3.63, 3.8) is 0 Å². The Balaban J connectivity index is 2.73. The van der Waals surface area contributed by atoms with Gasteiger partial charge in [0, 0.05) is 18.7 Å². The third kappa shape index (κ3) is 4.50. The van der Waals surface area contributed by atoms with E-state index in [9.17, 15) is 19.7 Å². The number of rotatable bonds is 6. The monoisotopic (exact) mass is 299 g/mol. The molecular formula is C11H13N3O5S. The Hall–Kier alpha value is -2.16. The lowest BCUT2D eigenvalue weighted by molar-refractivity contribution is -0.385. The lowest BCUT2D eigenvalue weighted by atomic mass is 10.3. The number of carboxylic acids is 1. The van der Waals surface area contributed by atoms with Gasteiger partial charge in [-0.3, -0.25) is 14.9 Å². The molecule has 1 heterocycles. The number of aryl methyl sites for hydroxylation is 1. The van der Waals surface area contributed by atoms with Crippen LogP contribution in [-0.4, -0.2) is 38.7 Å². The molecule has 0 fully saturated rings. The van der Waals surface area contributed by atoms with Gasteiger partial charge >= 0.3 is 5.97 Å². The number of carbonyl (C=O) groups is 2. The molecule has 2 N–H and O–H groups in total. The van der Waals surface area contributed by atoms with Gasteiger partial charge in [0.05, 0.1) is 9.95 Å². The average Bonchev–Trinajstić information content (AvgIpc) is 2.33. The predicted octanol–water partition coefficient (Wildman–Crippen LogP) is 0.980. The number of amides is 1. The van der Waals surface area contributed by atoms with Crippen molar-refractivity contribution < 1.29 is 19.6 Å². The molecule has 1 atom stereocenters. The van der Waals surface area contributed by atoms with Gasteiger partial charge in [0.1, 0.15) is 11.7 Å². The summed E-state index contributed by atoms with van der Waals surface area (Å²) < 4.78 is 0. The van der Waals surface area contributed by atoms with Crippen LogP contribution >= 0.6 is 11.8 Å². The highest BCUT2D eigenvalue weighted by molar-refractivity contribution is 7.99. The van der Waals surface area contributed by atoms with Gasteiger partial charge in [0.2, 0.25) is 5.91 Å². The van der Waals surface area contributed by atoms with E-state index in [0.29, 0.717) is 5.03 Å². The first-order valence-corrected chi connectivity index (χ1v) is 6.54. The number of nitrogens with one attached hydrogen (secondary N) is 1. The molecule has 1 amide bonds. The van der Waals surface area contributed by atoms with Crippen LogP contribution in [0.3, 0.4) is 0 Å². The van der Waals surface area contributed by atoms with Crippen molar-refractivity contribution in [1.82, 2.24) is 10.3 Å². The van der Waals surface area contributed by atoms with Gasteiger partial charge in [-0.2, -0.15) is 0 Å². The molecule has 9 heteroatoms. The molecular weight excluding hydrogens is 286 g/mol. The Kier molecular flexibility index (Phi) is 5.44. The Morgan fingerprint density at radius 2 is 2.20 bits per heavy atom. The Morgan fingerprint density at radius 1 is 1.55 bits per heavy atom. The second-order valence-electron chi connectivity index (χ2n) is 3.91. The second kappa shape index (κ2) is 6.85. The minimum absolute atomic E-state index is 0.0825. The normalized spacial score (nSPS) is 11.7. The van der Waals surface area contributed by atoms with Crippen LogP contribution in [0.4, 0.5) is 5.69 Å². The van der Waals surface area contributed by atoms with Crippen molar-refractivity contribution in [2.45, 2.75) is 24.9 Å². The molecule has 0 aliphatic rings. The summed E-state index contributed by atoms with van der Waals surface area (Å²) in [6, 6.07) is 1.73. The van der Waals surface area contributed by atoms with Crippen molar-refractivity contribution in [2.75, 3.05) is 5.75 Å². The molecule has 0 aromatic carbocycles. The lowest BCUT2D eigenvalue weighted by Crippen LogP contribution is -2.41. The van der Waals surface area contributed by atoms with E-state index < -0.39 is 22.8 Å². The van der Waals surface area contributed by atoms with E-state index in [2.05, 4.69) is 10.3 Å². The zero-order chi connectivity index (χ0) is 15.3. The van der Waals surface area contributed by atoms with Crippen LogP contribution in [0.5, 0.6) is 0 Å². The first-order chi connectivity index (χ1) is 9.31. The molecule has 1 rings (SSSR count). The smallest absolute Gasteiger partial charge is 0.327 e. The van der Waals surface area contributed by atoms with E-state index in [1.165, 1.54) is 26.0 Å². The number of aliphatic carboxylic acids is 1. The van der Waals surface area contributed by atoms with Crippen LogP contribution in [0.2, 0.25) is 0 Å². The Morgan fingerprint density at radius 3 is 2.65 bits per heavy atom. The van der Waals surface area contributed by atoms with E-state index >= 15 is 0 Å². The minimum atomic E-state index is -1.15. The maximum Gasteiger partial charge on any atom is 0.327 e. The zero-order valence-electron chi connectivity index (χ0n) is 10.8. The topological polar surface area (TPSA) is 122 Å². The fraction of sp³-hybridized carbons (Fsp3) is 0.364. The highest BCUT2D eigenvalue weighted by Crippen LogP contribution is 2.22. The summed E-state index contributed by atoms with van der Waals surface area (Å²) in [5, 5.41) is 22.3. The lowest BCUT2D eigenvalue weighted by Gasteiger charge is -2.12. The number of nitro groups is 1. The van der Waals surface area contributed by atoms with Crippen LogP contribution in [0.15, 0.2) is 17.2 Å². The Labute approximate surface area is 118 Å². The Bertz CT molecular complexity index is 549. The number of pyridine rings is 1. The number of aromatic nitrogens is 1. The minimum Gasteiger partial charge on any atom is -0.480 e. The van der Waals surface area contributed by atoms with E-state index in [1.54, 1.807) is 0 Å². The number of hydrogen-bond donors (Lipinski definition) is 2. The van der Waals surface area contributed by atoms with E-state index in [0.717, 1.165) is 11.8 Å². The van der Waals surface area contributed by atoms with Crippen LogP contribution in [0.1, 0.15) is 12.6 Å². The summed E-state index contributed by atoms with van der Waals surface area (Å²) in [5.74, 6) is -1.50. The highest BCUT2D eigenvalue weighted by Gasteiger charge is 2.19. The first kappa shape index (κ1) is 15.9. The van der Waals surface area contributed by atoms with Gasteiger partial charge in [0.15, 0.2) is 0 Å². The predicted molar refractivity (Wildman–Crippen MR) is 71.6 cm³/mol. The van der Waals surface area contributed by atoms with Crippen LogP contribution < -0.4 is 5.32 Å². The van der Waals surface area contributed by atoms with Crippen LogP contribution in [0, 0.1) is 17.0 Å². The van der Waals surface area contributed by atoms with Gasteiger partial charge in [-0.15, -0.1) is 11.8 Å². The molecule has 0 aliphatic carbocycles. The fourth-order valence-electron chi connectivity index (χ4n) is 1.39. The molecule has 8 nitrogen and oxygen atoms in total. The molecule has 20 heavy (non-hydrogen) atoms. The number of carbonyl (C=O) groups excluding carboxylic acids is 1. The summed E-state index contributed by atoms with van der Waals surface area (Å²) >= 11 is 1.10. The zero-order valence-corrected chi connectivity index (χ0v) is 11.6. The van der Waals surface area contributed by atoms with Crippen molar-refractivity contribution in [3.8, 4) is 0 Å². The summed E-state index contributed by atoms with van der Waals surface area (Å²) in [6.07, 6.45) is 0. The standard InChI is InChI=1S/C11H13N3O5S/c1-6-9(14(18)19)3-4-10(12-6)20-5-8(11(16)17)13-7(2)15/h3-4,8H,5H2,1-2H3,(H,13,15)(H,16,17)/t8-/m0/s1.